The first kappa shape index (κ1) is 19.2. The van der Waals surface area contributed by atoms with Crippen molar-refractivity contribution in [3.05, 3.63) is 52.6 Å². The van der Waals surface area contributed by atoms with Gasteiger partial charge in [0.05, 0.1) is 0 Å². The smallest absolute Gasteiger partial charge is 0.427 e. The van der Waals surface area contributed by atoms with Crippen LogP contribution in [0.15, 0.2) is 30.3 Å². The van der Waals surface area contributed by atoms with Gasteiger partial charge in [0.25, 0.3) is 0 Å². The minimum atomic E-state index is -1.48. The highest BCUT2D eigenvalue weighted by Gasteiger charge is 2.37. The summed E-state index contributed by atoms with van der Waals surface area (Å²) in [7, 11) is -2.88. The van der Waals surface area contributed by atoms with Crippen LogP contribution in [0.1, 0.15) is 62.2 Å². The van der Waals surface area contributed by atoms with E-state index in [1.807, 2.05) is 24.3 Å². The molecule has 136 valence electrons. The van der Waals surface area contributed by atoms with Crippen LogP contribution in [0.4, 0.5) is 0 Å². The Kier molecular flexibility index (Phi) is 5.06. The van der Waals surface area contributed by atoms with E-state index >= 15 is 0 Å². The monoisotopic (exact) mass is 352 g/mol. The van der Waals surface area contributed by atoms with Crippen LogP contribution in [0.3, 0.4) is 0 Å². The zero-order valence-corrected chi connectivity index (χ0v) is 15.8. The standard InChI is InChI=1S/C20H26B2O4/c1-5-6-14-9-16-15-8-7-13(12(2)21(23)24)10-17(15)20(3,4)18(16)11-19(14)22(25)26/h7-12,23-26H,5-6H2,1-4H3. The molecule has 4 nitrogen and oxygen atoms in total. The molecule has 26 heavy (non-hydrogen) atoms. The van der Waals surface area contributed by atoms with Crippen molar-refractivity contribution in [1.82, 2.24) is 0 Å². The molecule has 1 atom stereocenters. The van der Waals surface area contributed by atoms with Crippen molar-refractivity contribution in [1.29, 1.82) is 0 Å². The lowest BCUT2D eigenvalue weighted by Gasteiger charge is -2.24. The summed E-state index contributed by atoms with van der Waals surface area (Å²) in [5.41, 5.74) is 6.59. The van der Waals surface area contributed by atoms with Crippen LogP contribution in [0.5, 0.6) is 0 Å². The van der Waals surface area contributed by atoms with Crippen molar-refractivity contribution in [2.45, 2.75) is 51.8 Å². The van der Waals surface area contributed by atoms with Crippen molar-refractivity contribution >= 4 is 19.7 Å². The number of benzene rings is 2. The van der Waals surface area contributed by atoms with Crippen molar-refractivity contribution < 1.29 is 20.1 Å². The van der Waals surface area contributed by atoms with Crippen LogP contribution >= 0.6 is 0 Å². The molecule has 0 spiro atoms. The Morgan fingerprint density at radius 2 is 1.62 bits per heavy atom. The Labute approximate surface area is 155 Å². The number of aryl methyl sites for hydroxylation is 1. The fraction of sp³-hybridized carbons (Fsp3) is 0.400. The van der Waals surface area contributed by atoms with E-state index in [-0.39, 0.29) is 11.2 Å². The molecule has 0 amide bonds. The Bertz CT molecular complexity index is 831. The Morgan fingerprint density at radius 3 is 2.19 bits per heavy atom. The Hall–Kier alpha value is -1.59. The van der Waals surface area contributed by atoms with E-state index in [9.17, 15) is 20.1 Å². The maximum Gasteiger partial charge on any atom is 0.488 e. The third-order valence-electron chi connectivity index (χ3n) is 5.73. The molecule has 1 unspecified atom stereocenters. The summed E-state index contributed by atoms with van der Waals surface area (Å²) in [4.78, 5) is 0. The van der Waals surface area contributed by atoms with Gasteiger partial charge in [0, 0.05) is 11.2 Å². The molecule has 0 fully saturated rings. The van der Waals surface area contributed by atoms with E-state index in [0.29, 0.717) is 5.46 Å². The van der Waals surface area contributed by atoms with E-state index < -0.39 is 14.2 Å². The SMILES string of the molecule is CCCc1cc2c(cc1B(O)O)C(C)(C)c1cc(C(C)B(O)O)ccc1-2. The summed E-state index contributed by atoms with van der Waals surface area (Å²) in [5.74, 6) is -0.370. The minimum absolute atomic E-state index is 0.296. The Balaban J connectivity index is 2.19. The van der Waals surface area contributed by atoms with Crippen molar-refractivity contribution in [3.8, 4) is 11.1 Å². The molecule has 0 heterocycles. The fourth-order valence-corrected chi connectivity index (χ4v) is 4.04. The van der Waals surface area contributed by atoms with Gasteiger partial charge in [-0.15, -0.1) is 0 Å². The lowest BCUT2D eigenvalue weighted by atomic mass is 9.69. The molecule has 2 aromatic rings. The average Bonchev–Trinajstić information content (AvgIpc) is 2.80. The van der Waals surface area contributed by atoms with Crippen molar-refractivity contribution in [2.24, 2.45) is 0 Å². The molecular weight excluding hydrogens is 326 g/mol. The minimum Gasteiger partial charge on any atom is -0.427 e. The van der Waals surface area contributed by atoms with Crippen LogP contribution in [-0.4, -0.2) is 34.3 Å². The molecule has 1 aliphatic rings. The molecule has 0 aliphatic heterocycles. The molecule has 0 saturated heterocycles. The molecule has 0 saturated carbocycles. The van der Waals surface area contributed by atoms with E-state index in [4.69, 9.17) is 0 Å². The lowest BCUT2D eigenvalue weighted by Crippen LogP contribution is -2.34. The quantitative estimate of drug-likeness (QED) is 0.618. The first-order valence-electron chi connectivity index (χ1n) is 9.22. The third kappa shape index (κ3) is 3.01. The lowest BCUT2D eigenvalue weighted by molar-refractivity contribution is 0.391. The number of rotatable bonds is 5. The first-order valence-corrected chi connectivity index (χ1v) is 9.22. The van der Waals surface area contributed by atoms with Gasteiger partial charge in [-0.3, -0.25) is 0 Å². The second kappa shape index (κ2) is 6.86. The van der Waals surface area contributed by atoms with E-state index in [1.54, 1.807) is 6.92 Å². The first-order chi connectivity index (χ1) is 12.2. The van der Waals surface area contributed by atoms with E-state index in [2.05, 4.69) is 26.8 Å². The predicted octanol–water partition coefficient (Wildman–Crippen LogP) is 1.74. The van der Waals surface area contributed by atoms with Gasteiger partial charge in [-0.2, -0.15) is 0 Å². The third-order valence-corrected chi connectivity index (χ3v) is 5.73. The van der Waals surface area contributed by atoms with Gasteiger partial charge in [-0.1, -0.05) is 64.4 Å². The number of fused-ring (bicyclic) bond motifs is 3. The molecule has 3 rings (SSSR count). The highest BCUT2D eigenvalue weighted by Crippen LogP contribution is 2.49. The van der Waals surface area contributed by atoms with Gasteiger partial charge in [0.15, 0.2) is 0 Å². The van der Waals surface area contributed by atoms with Crippen molar-refractivity contribution in [2.75, 3.05) is 0 Å². The van der Waals surface area contributed by atoms with Gasteiger partial charge in [0.1, 0.15) is 0 Å². The van der Waals surface area contributed by atoms with Gasteiger partial charge >= 0.3 is 14.2 Å². The maximum absolute atomic E-state index is 9.83. The summed E-state index contributed by atoms with van der Waals surface area (Å²) in [5, 5.41) is 38.7. The van der Waals surface area contributed by atoms with Crippen LogP contribution in [-0.2, 0) is 11.8 Å². The molecule has 6 heteroatoms. The zero-order valence-electron chi connectivity index (χ0n) is 15.8. The maximum atomic E-state index is 9.83. The second-order valence-corrected chi connectivity index (χ2v) is 7.85. The molecule has 4 N–H and O–H groups in total. The van der Waals surface area contributed by atoms with E-state index in [1.165, 1.54) is 0 Å². The zero-order chi connectivity index (χ0) is 19.2. The number of hydrogen-bond donors (Lipinski definition) is 4. The highest BCUT2D eigenvalue weighted by atomic mass is 16.4. The van der Waals surface area contributed by atoms with Crippen molar-refractivity contribution in [3.63, 3.8) is 0 Å². The summed E-state index contributed by atoms with van der Waals surface area (Å²) in [6.07, 6.45) is 1.72. The van der Waals surface area contributed by atoms with E-state index in [0.717, 1.165) is 46.2 Å². The normalized spacial score (nSPS) is 15.4. The second-order valence-electron chi connectivity index (χ2n) is 7.85. The summed E-state index contributed by atoms with van der Waals surface area (Å²) < 4.78 is 0. The topological polar surface area (TPSA) is 80.9 Å². The highest BCUT2D eigenvalue weighted by molar-refractivity contribution is 6.59. The Morgan fingerprint density at radius 1 is 0.962 bits per heavy atom. The van der Waals surface area contributed by atoms with Crippen LogP contribution in [0, 0.1) is 0 Å². The molecular formula is C20H26B2O4. The summed E-state index contributed by atoms with van der Waals surface area (Å²) in [6, 6.07) is 10.1. The fourth-order valence-electron chi connectivity index (χ4n) is 4.04. The number of hydrogen-bond acceptors (Lipinski definition) is 4. The van der Waals surface area contributed by atoms with Crippen LogP contribution in [0.2, 0.25) is 0 Å². The van der Waals surface area contributed by atoms with Crippen LogP contribution in [0.25, 0.3) is 11.1 Å². The van der Waals surface area contributed by atoms with Gasteiger partial charge in [-0.05, 0) is 45.3 Å². The van der Waals surface area contributed by atoms with Gasteiger partial charge in [0.2, 0.25) is 0 Å². The largest absolute Gasteiger partial charge is 0.488 e. The summed E-state index contributed by atoms with van der Waals surface area (Å²) in [6.45, 7) is 8.11. The molecule has 0 aromatic heterocycles. The molecule has 0 bridgehead atoms. The molecule has 2 aromatic carbocycles. The molecule has 0 radical (unpaired) electrons. The predicted molar refractivity (Wildman–Crippen MR) is 106 cm³/mol. The van der Waals surface area contributed by atoms with Gasteiger partial charge < -0.3 is 20.1 Å². The molecule has 1 aliphatic carbocycles. The summed E-state index contributed by atoms with van der Waals surface area (Å²) >= 11 is 0. The van der Waals surface area contributed by atoms with Crippen LogP contribution < -0.4 is 5.46 Å². The van der Waals surface area contributed by atoms with Gasteiger partial charge in [-0.25, -0.2) is 0 Å². The average molecular weight is 352 g/mol.